The molecule has 0 unspecified atom stereocenters. The number of aliphatic hydroxyl groups excluding tert-OH is 1. The van der Waals surface area contributed by atoms with Gasteiger partial charge < -0.3 is 14.7 Å². The van der Waals surface area contributed by atoms with E-state index in [2.05, 4.69) is 20.9 Å². The summed E-state index contributed by atoms with van der Waals surface area (Å²) in [4.78, 5) is 18.8. The molecule has 0 saturated carbocycles. The van der Waals surface area contributed by atoms with E-state index in [0.29, 0.717) is 17.9 Å². The number of aliphatic hydroxyl groups is 1. The van der Waals surface area contributed by atoms with E-state index in [1.165, 1.54) is 0 Å². The van der Waals surface area contributed by atoms with Gasteiger partial charge in [0, 0.05) is 29.0 Å². The molecule has 0 spiro atoms. The maximum Gasteiger partial charge on any atom is 0.290 e. The normalized spacial score (nSPS) is 16.4. The Morgan fingerprint density at radius 2 is 1.83 bits per heavy atom. The van der Waals surface area contributed by atoms with Crippen molar-refractivity contribution in [3.05, 3.63) is 100.0 Å². The van der Waals surface area contributed by atoms with E-state index in [9.17, 15) is 9.90 Å². The number of nitrogens with zero attached hydrogens (tertiary/aromatic N) is 2. The van der Waals surface area contributed by atoms with E-state index in [0.717, 1.165) is 21.2 Å². The zero-order valence-electron chi connectivity index (χ0n) is 15.7. The molecule has 5 nitrogen and oxygen atoms in total. The van der Waals surface area contributed by atoms with Crippen LogP contribution >= 0.6 is 15.9 Å². The van der Waals surface area contributed by atoms with Gasteiger partial charge in [0.15, 0.2) is 5.76 Å². The van der Waals surface area contributed by atoms with E-state index < -0.39 is 11.9 Å². The molecule has 1 N–H and O–H groups in total. The summed E-state index contributed by atoms with van der Waals surface area (Å²) in [6.07, 6.45) is 3.39. The van der Waals surface area contributed by atoms with Gasteiger partial charge in [0.05, 0.1) is 13.2 Å². The van der Waals surface area contributed by atoms with Gasteiger partial charge in [-0.25, -0.2) is 0 Å². The molecule has 0 fully saturated rings. The van der Waals surface area contributed by atoms with Crippen LogP contribution in [-0.2, 0) is 11.3 Å². The Morgan fingerprint density at radius 1 is 1.10 bits per heavy atom. The van der Waals surface area contributed by atoms with Gasteiger partial charge in [-0.15, -0.1) is 0 Å². The van der Waals surface area contributed by atoms with Crippen molar-refractivity contribution < 1.29 is 14.6 Å². The Labute approximate surface area is 177 Å². The first-order chi connectivity index (χ1) is 14.1. The van der Waals surface area contributed by atoms with Crippen molar-refractivity contribution in [2.75, 3.05) is 7.11 Å². The van der Waals surface area contributed by atoms with Crippen molar-refractivity contribution in [3.8, 4) is 5.75 Å². The lowest BCUT2D eigenvalue weighted by Gasteiger charge is -2.27. The van der Waals surface area contributed by atoms with Gasteiger partial charge in [0.2, 0.25) is 0 Å². The first kappa shape index (κ1) is 19.2. The van der Waals surface area contributed by atoms with Gasteiger partial charge in [-0.1, -0.05) is 40.2 Å². The second kappa shape index (κ2) is 8.09. The standard InChI is InChI=1S/C23H19BrN2O3/c1-29-19-7-5-16(6-8-19)20-21(17-3-2-4-18(24)13-17)26(23(28)22(20)27)14-15-9-11-25-12-10-15/h2-13,21,27H,14H2,1H3/t21-/m0/s1. The first-order valence-electron chi connectivity index (χ1n) is 9.11. The number of halogens is 1. The third-order valence-corrected chi connectivity index (χ3v) is 5.46. The Balaban J connectivity index is 1.81. The lowest BCUT2D eigenvalue weighted by atomic mass is 9.93. The van der Waals surface area contributed by atoms with E-state index in [4.69, 9.17) is 4.74 Å². The highest BCUT2D eigenvalue weighted by Crippen LogP contribution is 2.44. The number of hydrogen-bond donors (Lipinski definition) is 1. The topological polar surface area (TPSA) is 62.7 Å². The molecule has 6 heteroatoms. The summed E-state index contributed by atoms with van der Waals surface area (Å²) < 4.78 is 6.15. The summed E-state index contributed by atoms with van der Waals surface area (Å²) in [5.41, 5.74) is 3.22. The minimum absolute atomic E-state index is 0.228. The summed E-state index contributed by atoms with van der Waals surface area (Å²) in [7, 11) is 1.60. The fourth-order valence-corrected chi connectivity index (χ4v) is 4.01. The van der Waals surface area contributed by atoms with Crippen molar-refractivity contribution in [2.45, 2.75) is 12.6 Å². The van der Waals surface area contributed by atoms with E-state index in [1.807, 2.05) is 60.7 Å². The van der Waals surface area contributed by atoms with Crippen molar-refractivity contribution in [1.29, 1.82) is 0 Å². The second-order valence-corrected chi connectivity index (χ2v) is 7.65. The fourth-order valence-electron chi connectivity index (χ4n) is 3.59. The molecule has 2 heterocycles. The van der Waals surface area contributed by atoms with Crippen molar-refractivity contribution >= 4 is 27.4 Å². The third kappa shape index (κ3) is 3.76. The molecule has 1 amide bonds. The van der Waals surface area contributed by atoms with Gasteiger partial charge in [0.1, 0.15) is 5.75 Å². The van der Waals surface area contributed by atoms with Gasteiger partial charge in [-0.2, -0.15) is 0 Å². The number of amides is 1. The molecule has 1 aliphatic rings. The number of methoxy groups -OCH3 is 1. The number of benzene rings is 2. The van der Waals surface area contributed by atoms with Crippen LogP contribution in [0.3, 0.4) is 0 Å². The highest BCUT2D eigenvalue weighted by molar-refractivity contribution is 9.10. The van der Waals surface area contributed by atoms with Crippen LogP contribution in [0.25, 0.3) is 5.57 Å². The first-order valence-corrected chi connectivity index (χ1v) is 9.90. The molecule has 4 rings (SSSR count). The highest BCUT2D eigenvalue weighted by Gasteiger charge is 2.41. The fraction of sp³-hybridized carbons (Fsp3) is 0.130. The molecule has 0 aliphatic carbocycles. The smallest absolute Gasteiger partial charge is 0.290 e. The average molecular weight is 451 g/mol. The molecular formula is C23H19BrN2O3. The van der Waals surface area contributed by atoms with E-state index in [1.54, 1.807) is 24.4 Å². The number of aromatic nitrogens is 1. The second-order valence-electron chi connectivity index (χ2n) is 6.74. The minimum atomic E-state index is -0.415. The van der Waals surface area contributed by atoms with Crippen LogP contribution in [-0.4, -0.2) is 28.0 Å². The lowest BCUT2D eigenvalue weighted by Crippen LogP contribution is -2.29. The Bertz CT molecular complexity index is 1060. The molecule has 29 heavy (non-hydrogen) atoms. The van der Waals surface area contributed by atoms with Crippen LogP contribution in [0.1, 0.15) is 22.7 Å². The predicted octanol–water partition coefficient (Wildman–Crippen LogP) is 4.91. The highest BCUT2D eigenvalue weighted by atomic mass is 79.9. The summed E-state index contributed by atoms with van der Waals surface area (Å²) in [5, 5.41) is 10.8. The van der Waals surface area contributed by atoms with Crippen LogP contribution in [0, 0.1) is 0 Å². The van der Waals surface area contributed by atoms with Gasteiger partial charge >= 0.3 is 0 Å². The van der Waals surface area contributed by atoms with Crippen molar-refractivity contribution in [1.82, 2.24) is 9.88 Å². The maximum atomic E-state index is 13.1. The maximum absolute atomic E-state index is 13.1. The van der Waals surface area contributed by atoms with Gasteiger partial charge in [0.25, 0.3) is 5.91 Å². The van der Waals surface area contributed by atoms with Gasteiger partial charge in [-0.3, -0.25) is 9.78 Å². The van der Waals surface area contributed by atoms with Crippen LogP contribution < -0.4 is 4.74 Å². The molecule has 2 aromatic carbocycles. The van der Waals surface area contributed by atoms with Crippen LogP contribution in [0.15, 0.2) is 83.3 Å². The lowest BCUT2D eigenvalue weighted by molar-refractivity contribution is -0.130. The molecule has 1 aromatic heterocycles. The average Bonchev–Trinajstić information content (AvgIpc) is 2.99. The molecule has 1 atom stereocenters. The number of pyridine rings is 1. The van der Waals surface area contributed by atoms with E-state index in [-0.39, 0.29) is 5.76 Å². The monoisotopic (exact) mass is 450 g/mol. The Kier molecular flexibility index (Phi) is 5.36. The zero-order chi connectivity index (χ0) is 20.4. The molecule has 3 aromatic rings. The van der Waals surface area contributed by atoms with Crippen LogP contribution in [0.2, 0.25) is 0 Å². The molecule has 0 bridgehead atoms. The number of rotatable bonds is 5. The molecule has 0 saturated heterocycles. The molecule has 0 radical (unpaired) electrons. The summed E-state index contributed by atoms with van der Waals surface area (Å²) in [6, 6.07) is 18.5. The SMILES string of the molecule is COc1ccc(C2=C(O)C(=O)N(Cc3ccncc3)[C@H]2c2cccc(Br)c2)cc1. The number of hydrogen-bond acceptors (Lipinski definition) is 4. The van der Waals surface area contributed by atoms with Crippen molar-refractivity contribution in [2.24, 2.45) is 0 Å². The predicted molar refractivity (Wildman–Crippen MR) is 114 cm³/mol. The summed E-state index contributed by atoms with van der Waals surface area (Å²) in [5.74, 6) is 0.0950. The molecular weight excluding hydrogens is 432 g/mol. The van der Waals surface area contributed by atoms with Crippen molar-refractivity contribution in [3.63, 3.8) is 0 Å². The number of carbonyl (C=O) groups excluding carboxylic acids is 1. The third-order valence-electron chi connectivity index (χ3n) is 4.97. The quantitative estimate of drug-likeness (QED) is 0.599. The molecule has 1 aliphatic heterocycles. The molecule has 146 valence electrons. The summed E-state index contributed by atoms with van der Waals surface area (Å²) >= 11 is 3.51. The zero-order valence-corrected chi connectivity index (χ0v) is 17.3. The number of carbonyl (C=O) groups is 1. The number of ether oxygens (including phenoxy) is 1. The van der Waals surface area contributed by atoms with Crippen LogP contribution in [0.4, 0.5) is 0 Å². The Morgan fingerprint density at radius 3 is 2.48 bits per heavy atom. The summed E-state index contributed by atoms with van der Waals surface area (Å²) in [6.45, 7) is 0.363. The van der Waals surface area contributed by atoms with Gasteiger partial charge in [-0.05, 0) is 53.1 Å². The van der Waals surface area contributed by atoms with E-state index >= 15 is 0 Å². The van der Waals surface area contributed by atoms with Crippen LogP contribution in [0.5, 0.6) is 5.75 Å². The Hall–Kier alpha value is -3.12. The minimum Gasteiger partial charge on any atom is -0.503 e. The largest absolute Gasteiger partial charge is 0.503 e.